The number of carbonyl (C=O) groups excluding carboxylic acids is 3. The highest BCUT2D eigenvalue weighted by Gasteiger charge is 2.14. The maximum Gasteiger partial charge on any atom is 0.372 e. The molecule has 0 bridgehead atoms. The third-order valence-corrected chi connectivity index (χ3v) is 6.33. The molecule has 0 spiro atoms. The third kappa shape index (κ3) is 27.6. The van der Waals surface area contributed by atoms with Crippen molar-refractivity contribution < 1.29 is 71.7 Å². The number of carbonyl (C=O) groups is 4. The van der Waals surface area contributed by atoms with Gasteiger partial charge in [-0.3, -0.25) is 9.59 Å². The second-order valence-electron chi connectivity index (χ2n) is 10.3. The van der Waals surface area contributed by atoms with Crippen LogP contribution >= 0.6 is 0 Å². The number of aliphatic carboxylic acids is 1. The predicted octanol–water partition coefficient (Wildman–Crippen LogP) is 2.17. The average molecular weight is 718 g/mol. The van der Waals surface area contributed by atoms with Crippen LogP contribution in [0.4, 0.5) is 5.69 Å². The topological polar surface area (TPSA) is 193 Å². The lowest BCUT2D eigenvalue weighted by atomic mass is 10.2. The quantitative estimate of drug-likeness (QED) is 0.0582. The minimum absolute atomic E-state index is 0.00849. The van der Waals surface area contributed by atoms with Crippen molar-refractivity contribution >= 4 is 29.4 Å². The van der Waals surface area contributed by atoms with Gasteiger partial charge in [0.05, 0.1) is 118 Å². The molecule has 1 rings (SSSR count). The van der Waals surface area contributed by atoms with Gasteiger partial charge >= 0.3 is 17.9 Å². The van der Waals surface area contributed by atoms with E-state index in [2.05, 4.69) is 12.2 Å². The van der Waals surface area contributed by atoms with Gasteiger partial charge in [0.2, 0.25) is 5.78 Å². The number of anilines is 1. The number of rotatable bonds is 36. The van der Waals surface area contributed by atoms with Gasteiger partial charge in [-0.1, -0.05) is 13.3 Å². The molecule has 0 saturated carbocycles. The number of carboxylic acids is 1. The summed E-state index contributed by atoms with van der Waals surface area (Å²) in [5, 5.41) is 11.8. The SMILES string of the molecule is CCCCNc1ccc(C(=O)OCCOCCOCCOCCOCCOCCOCCOCCOCCOC(=O)CCC(=O)C(=O)O)cc1. The summed E-state index contributed by atoms with van der Waals surface area (Å²) in [5.41, 5.74) is 1.49. The Morgan fingerprint density at radius 1 is 0.540 bits per heavy atom. The molecule has 1 aromatic carbocycles. The summed E-state index contributed by atoms with van der Waals surface area (Å²) in [6.07, 6.45) is 1.56. The molecule has 50 heavy (non-hydrogen) atoms. The molecule has 0 aliphatic rings. The molecule has 286 valence electrons. The van der Waals surface area contributed by atoms with E-state index in [1.807, 2.05) is 12.1 Å². The Bertz CT molecular complexity index is 1010. The first-order valence-electron chi connectivity index (χ1n) is 17.0. The van der Waals surface area contributed by atoms with Gasteiger partial charge in [0.15, 0.2) is 0 Å². The van der Waals surface area contributed by atoms with Crippen molar-refractivity contribution in [1.29, 1.82) is 0 Å². The summed E-state index contributed by atoms with van der Waals surface area (Å²) in [6, 6.07) is 7.24. The fourth-order valence-corrected chi connectivity index (χ4v) is 3.66. The highest BCUT2D eigenvalue weighted by atomic mass is 16.6. The van der Waals surface area contributed by atoms with Crippen LogP contribution in [0, 0.1) is 0 Å². The summed E-state index contributed by atoms with van der Waals surface area (Å²) in [7, 11) is 0. The fraction of sp³-hybridized carbons (Fsp3) is 0.706. The maximum atomic E-state index is 12.1. The second kappa shape index (κ2) is 33.0. The van der Waals surface area contributed by atoms with Crippen molar-refractivity contribution in [3.8, 4) is 0 Å². The van der Waals surface area contributed by atoms with E-state index in [1.165, 1.54) is 0 Å². The number of hydrogen-bond acceptors (Lipinski definition) is 15. The number of esters is 2. The van der Waals surface area contributed by atoms with Crippen molar-refractivity contribution in [2.75, 3.05) is 131 Å². The van der Waals surface area contributed by atoms with Gasteiger partial charge in [0, 0.05) is 18.7 Å². The fourth-order valence-electron chi connectivity index (χ4n) is 3.66. The Balaban J connectivity index is 1.73. The number of Topliss-reactive ketones (excluding diaryl/α,β-unsaturated/α-hetero) is 1. The van der Waals surface area contributed by atoms with E-state index in [1.54, 1.807) is 12.1 Å². The van der Waals surface area contributed by atoms with Gasteiger partial charge in [0.1, 0.15) is 13.2 Å². The Kier molecular flexibility index (Phi) is 29.5. The second-order valence-corrected chi connectivity index (χ2v) is 10.3. The van der Waals surface area contributed by atoms with Gasteiger partial charge in [-0.25, -0.2) is 9.59 Å². The Morgan fingerprint density at radius 2 is 0.920 bits per heavy atom. The zero-order valence-corrected chi connectivity index (χ0v) is 29.2. The van der Waals surface area contributed by atoms with E-state index in [-0.39, 0.29) is 38.6 Å². The number of hydrogen-bond donors (Lipinski definition) is 2. The zero-order valence-electron chi connectivity index (χ0n) is 29.2. The molecule has 2 N–H and O–H groups in total. The molecule has 16 nitrogen and oxygen atoms in total. The Hall–Kier alpha value is -3.22. The van der Waals surface area contributed by atoms with Crippen molar-refractivity contribution in [3.63, 3.8) is 0 Å². The number of benzene rings is 1. The molecular weight excluding hydrogens is 662 g/mol. The largest absolute Gasteiger partial charge is 0.476 e. The highest BCUT2D eigenvalue weighted by Crippen LogP contribution is 2.11. The Morgan fingerprint density at radius 3 is 1.30 bits per heavy atom. The molecule has 0 heterocycles. The molecule has 0 amide bonds. The smallest absolute Gasteiger partial charge is 0.372 e. The number of ether oxygens (including phenoxy) is 10. The predicted molar refractivity (Wildman–Crippen MR) is 180 cm³/mol. The van der Waals surface area contributed by atoms with Crippen LogP contribution in [-0.2, 0) is 61.8 Å². The monoisotopic (exact) mass is 717 g/mol. The van der Waals surface area contributed by atoms with E-state index in [9.17, 15) is 19.2 Å². The van der Waals surface area contributed by atoms with E-state index in [4.69, 9.17) is 52.5 Å². The number of unbranched alkanes of at least 4 members (excludes halogenated alkanes) is 1. The van der Waals surface area contributed by atoms with Gasteiger partial charge < -0.3 is 57.8 Å². The van der Waals surface area contributed by atoms with Crippen molar-refractivity contribution in [2.24, 2.45) is 0 Å². The molecular formula is C34H55NO15. The molecule has 0 unspecified atom stereocenters. The first-order valence-corrected chi connectivity index (χ1v) is 17.0. The Labute approximate surface area is 294 Å². The van der Waals surface area contributed by atoms with Gasteiger partial charge in [-0.15, -0.1) is 0 Å². The molecule has 0 aliphatic heterocycles. The van der Waals surface area contributed by atoms with Gasteiger partial charge in [0.25, 0.3) is 0 Å². The van der Waals surface area contributed by atoms with Crippen molar-refractivity contribution in [3.05, 3.63) is 29.8 Å². The molecule has 16 heteroatoms. The number of ketones is 1. The molecule has 0 fully saturated rings. The molecule has 1 aromatic rings. The molecule has 0 atom stereocenters. The zero-order chi connectivity index (χ0) is 36.3. The first-order chi connectivity index (χ1) is 24.4. The molecule has 0 aromatic heterocycles. The third-order valence-electron chi connectivity index (χ3n) is 6.33. The summed E-state index contributed by atoms with van der Waals surface area (Å²) in [6.45, 7) is 9.49. The van der Waals surface area contributed by atoms with Crippen molar-refractivity contribution in [2.45, 2.75) is 32.6 Å². The average Bonchev–Trinajstić information content (AvgIpc) is 3.11. The standard InChI is InChI=1S/C34H55NO15/c1-2-3-10-35-30-6-4-29(5-7-30)34(40)50-28-26-48-24-22-46-20-18-44-16-14-42-12-11-41-13-15-43-17-19-45-21-23-47-25-27-49-32(37)9-8-31(36)33(38)39/h4-7,35H,2-3,8-28H2,1H3,(H,38,39). The minimum Gasteiger partial charge on any atom is -0.476 e. The first kappa shape index (κ1) is 44.8. The van der Waals surface area contributed by atoms with Crippen LogP contribution in [0.2, 0.25) is 0 Å². The van der Waals surface area contributed by atoms with E-state index < -0.39 is 17.7 Å². The summed E-state index contributed by atoms with van der Waals surface area (Å²) < 4.78 is 53.3. The maximum absolute atomic E-state index is 12.1. The lowest BCUT2D eigenvalue weighted by Gasteiger charge is -2.09. The number of nitrogens with one attached hydrogen (secondary N) is 1. The van der Waals surface area contributed by atoms with Gasteiger partial charge in [-0.05, 0) is 30.7 Å². The summed E-state index contributed by atoms with van der Waals surface area (Å²) in [5.74, 6) is -3.62. The lowest BCUT2D eigenvalue weighted by molar-refractivity contribution is -0.151. The van der Waals surface area contributed by atoms with Crippen LogP contribution in [0.15, 0.2) is 24.3 Å². The van der Waals surface area contributed by atoms with Gasteiger partial charge in [-0.2, -0.15) is 0 Å². The van der Waals surface area contributed by atoms with Crippen LogP contribution in [0.1, 0.15) is 43.0 Å². The van der Waals surface area contributed by atoms with Crippen LogP contribution in [-0.4, -0.2) is 154 Å². The highest BCUT2D eigenvalue weighted by molar-refractivity contribution is 6.32. The van der Waals surface area contributed by atoms with Crippen LogP contribution in [0.5, 0.6) is 0 Å². The lowest BCUT2D eigenvalue weighted by Crippen LogP contribution is -2.17. The van der Waals surface area contributed by atoms with E-state index in [0.29, 0.717) is 105 Å². The number of carboxylic acid groups (broad SMARTS) is 1. The summed E-state index contributed by atoms with van der Waals surface area (Å²) >= 11 is 0. The van der Waals surface area contributed by atoms with Crippen molar-refractivity contribution in [1.82, 2.24) is 0 Å². The molecule has 0 saturated heterocycles. The van der Waals surface area contributed by atoms with Crippen LogP contribution in [0.3, 0.4) is 0 Å². The van der Waals surface area contributed by atoms with Crippen LogP contribution < -0.4 is 5.32 Å². The van der Waals surface area contributed by atoms with E-state index in [0.717, 1.165) is 25.1 Å². The molecule has 0 radical (unpaired) electrons. The normalized spacial score (nSPS) is 11.0. The summed E-state index contributed by atoms with van der Waals surface area (Å²) in [4.78, 5) is 44.8. The van der Waals surface area contributed by atoms with E-state index >= 15 is 0 Å². The van der Waals surface area contributed by atoms with Crippen LogP contribution in [0.25, 0.3) is 0 Å². The molecule has 0 aliphatic carbocycles. The minimum atomic E-state index is -1.57.